The lowest BCUT2D eigenvalue weighted by Crippen LogP contribution is -2.29. The summed E-state index contributed by atoms with van der Waals surface area (Å²) in [4.78, 5) is 11.9. The van der Waals surface area contributed by atoms with Gasteiger partial charge in [-0.3, -0.25) is 4.79 Å². The third kappa shape index (κ3) is 3.42. The average molecular weight is 224 g/mol. The molecule has 16 heavy (non-hydrogen) atoms. The number of methoxy groups -OCH3 is 1. The number of halogens is 1. The van der Waals surface area contributed by atoms with E-state index in [4.69, 9.17) is 4.74 Å². The first-order valence-electron chi connectivity index (χ1n) is 5.34. The number of hydrogen-bond donors (Lipinski definition) is 0. The molecule has 0 amide bonds. The van der Waals surface area contributed by atoms with Crippen LogP contribution in [0, 0.1) is 11.7 Å². The van der Waals surface area contributed by atoms with E-state index < -0.39 is 0 Å². The molecule has 1 rings (SSSR count). The van der Waals surface area contributed by atoms with E-state index in [-0.39, 0.29) is 30.0 Å². The lowest BCUT2D eigenvalue weighted by atomic mass is 9.98. The van der Waals surface area contributed by atoms with Gasteiger partial charge in [-0.2, -0.15) is 0 Å². The number of carbonyl (C=O) groups excluding carboxylic acids is 1. The van der Waals surface area contributed by atoms with Crippen LogP contribution in [0.3, 0.4) is 0 Å². The standard InChI is InChI=1S/C13H17FO2/c1-9(2)13(16-3)12(15)8-10-4-6-11(14)7-5-10/h4-7,9,13H,8H2,1-3H3. The second kappa shape index (κ2) is 5.75. The Morgan fingerprint density at radius 3 is 2.31 bits per heavy atom. The molecular weight excluding hydrogens is 207 g/mol. The van der Waals surface area contributed by atoms with E-state index in [0.717, 1.165) is 5.56 Å². The number of hydrogen-bond acceptors (Lipinski definition) is 2. The van der Waals surface area contributed by atoms with Crippen molar-refractivity contribution in [3.8, 4) is 0 Å². The van der Waals surface area contributed by atoms with Gasteiger partial charge in [0.1, 0.15) is 11.9 Å². The molecule has 0 aliphatic carbocycles. The number of ether oxygens (including phenoxy) is 1. The Bertz CT molecular complexity index is 343. The fraction of sp³-hybridized carbons (Fsp3) is 0.462. The largest absolute Gasteiger partial charge is 0.373 e. The minimum Gasteiger partial charge on any atom is -0.373 e. The van der Waals surface area contributed by atoms with Gasteiger partial charge < -0.3 is 4.74 Å². The smallest absolute Gasteiger partial charge is 0.166 e. The van der Waals surface area contributed by atoms with Crippen LogP contribution in [0.4, 0.5) is 4.39 Å². The van der Waals surface area contributed by atoms with Gasteiger partial charge in [-0.05, 0) is 23.6 Å². The van der Waals surface area contributed by atoms with E-state index in [2.05, 4.69) is 0 Å². The average Bonchev–Trinajstić information content (AvgIpc) is 2.22. The summed E-state index contributed by atoms with van der Waals surface area (Å²) in [7, 11) is 1.53. The van der Waals surface area contributed by atoms with Gasteiger partial charge in [-0.1, -0.05) is 26.0 Å². The Kier molecular flexibility index (Phi) is 4.62. The summed E-state index contributed by atoms with van der Waals surface area (Å²) < 4.78 is 17.8. The van der Waals surface area contributed by atoms with Gasteiger partial charge in [0.05, 0.1) is 0 Å². The molecule has 0 heterocycles. The van der Waals surface area contributed by atoms with Crippen LogP contribution in [0.5, 0.6) is 0 Å². The van der Waals surface area contributed by atoms with Gasteiger partial charge in [0, 0.05) is 13.5 Å². The summed E-state index contributed by atoms with van der Waals surface area (Å²) in [6.45, 7) is 3.88. The first-order chi connectivity index (χ1) is 7.54. The molecule has 1 aromatic carbocycles. The molecule has 0 aromatic heterocycles. The number of benzene rings is 1. The van der Waals surface area contributed by atoms with Gasteiger partial charge in [0.15, 0.2) is 5.78 Å². The molecule has 1 atom stereocenters. The molecule has 0 saturated carbocycles. The van der Waals surface area contributed by atoms with Crippen molar-refractivity contribution < 1.29 is 13.9 Å². The van der Waals surface area contributed by atoms with Crippen LogP contribution < -0.4 is 0 Å². The van der Waals surface area contributed by atoms with Crippen molar-refractivity contribution in [2.45, 2.75) is 26.4 Å². The number of carbonyl (C=O) groups is 1. The van der Waals surface area contributed by atoms with E-state index in [1.165, 1.54) is 19.2 Å². The highest BCUT2D eigenvalue weighted by atomic mass is 19.1. The van der Waals surface area contributed by atoms with Crippen LogP contribution >= 0.6 is 0 Å². The lowest BCUT2D eigenvalue weighted by Gasteiger charge is -2.17. The highest BCUT2D eigenvalue weighted by Gasteiger charge is 2.21. The predicted octanol–water partition coefficient (Wildman–Crippen LogP) is 2.61. The quantitative estimate of drug-likeness (QED) is 0.768. The van der Waals surface area contributed by atoms with Crippen molar-refractivity contribution in [1.29, 1.82) is 0 Å². The summed E-state index contributed by atoms with van der Waals surface area (Å²) in [5.74, 6) is -0.106. The molecule has 0 bridgehead atoms. The van der Waals surface area contributed by atoms with E-state index in [1.807, 2.05) is 13.8 Å². The zero-order chi connectivity index (χ0) is 12.1. The maximum atomic E-state index is 12.7. The molecule has 88 valence electrons. The minimum absolute atomic E-state index is 0.0316. The molecule has 0 spiro atoms. The second-order valence-corrected chi connectivity index (χ2v) is 4.17. The molecule has 1 aromatic rings. The summed E-state index contributed by atoms with van der Waals surface area (Å²) in [5, 5.41) is 0. The van der Waals surface area contributed by atoms with Crippen LogP contribution in [0.2, 0.25) is 0 Å². The topological polar surface area (TPSA) is 26.3 Å². The third-order valence-electron chi connectivity index (χ3n) is 2.47. The van der Waals surface area contributed by atoms with Gasteiger partial charge >= 0.3 is 0 Å². The van der Waals surface area contributed by atoms with Gasteiger partial charge in [0.2, 0.25) is 0 Å². The molecular formula is C13H17FO2. The summed E-state index contributed by atoms with van der Waals surface area (Å²) in [5.41, 5.74) is 0.814. The lowest BCUT2D eigenvalue weighted by molar-refractivity contribution is -0.130. The molecule has 0 N–H and O–H groups in total. The van der Waals surface area contributed by atoms with Crippen LogP contribution in [0.25, 0.3) is 0 Å². The van der Waals surface area contributed by atoms with E-state index in [0.29, 0.717) is 0 Å². The molecule has 0 radical (unpaired) electrons. The summed E-state index contributed by atoms with van der Waals surface area (Å²) in [6, 6.07) is 5.97. The maximum absolute atomic E-state index is 12.7. The van der Waals surface area contributed by atoms with Crippen LogP contribution in [0.15, 0.2) is 24.3 Å². The van der Waals surface area contributed by atoms with Crippen molar-refractivity contribution in [1.82, 2.24) is 0 Å². The number of Topliss-reactive ketones (excluding diaryl/α,β-unsaturated/α-hetero) is 1. The summed E-state index contributed by atoms with van der Waals surface area (Å²) >= 11 is 0. The van der Waals surface area contributed by atoms with E-state index in [1.54, 1.807) is 12.1 Å². The van der Waals surface area contributed by atoms with E-state index in [9.17, 15) is 9.18 Å². The second-order valence-electron chi connectivity index (χ2n) is 4.17. The maximum Gasteiger partial charge on any atom is 0.166 e. The first-order valence-corrected chi connectivity index (χ1v) is 5.34. The Morgan fingerprint density at radius 1 is 1.31 bits per heavy atom. The first kappa shape index (κ1) is 12.8. The van der Waals surface area contributed by atoms with Crippen LogP contribution in [-0.4, -0.2) is 19.0 Å². The predicted molar refractivity (Wildman–Crippen MR) is 60.7 cm³/mol. The zero-order valence-corrected chi connectivity index (χ0v) is 9.87. The Balaban J connectivity index is 2.66. The number of rotatable bonds is 5. The van der Waals surface area contributed by atoms with Crippen molar-refractivity contribution in [2.24, 2.45) is 5.92 Å². The Hall–Kier alpha value is -1.22. The van der Waals surface area contributed by atoms with Crippen LogP contribution in [0.1, 0.15) is 19.4 Å². The molecule has 0 saturated heterocycles. The fourth-order valence-electron chi connectivity index (χ4n) is 1.68. The Labute approximate surface area is 95.4 Å². The van der Waals surface area contributed by atoms with Crippen molar-refractivity contribution >= 4 is 5.78 Å². The Morgan fingerprint density at radius 2 is 1.88 bits per heavy atom. The zero-order valence-electron chi connectivity index (χ0n) is 9.87. The van der Waals surface area contributed by atoms with Gasteiger partial charge in [-0.15, -0.1) is 0 Å². The summed E-state index contributed by atoms with van der Waals surface area (Å²) in [6.07, 6.45) is -0.0956. The van der Waals surface area contributed by atoms with Crippen molar-refractivity contribution in [3.63, 3.8) is 0 Å². The van der Waals surface area contributed by atoms with E-state index >= 15 is 0 Å². The highest BCUT2D eigenvalue weighted by molar-refractivity contribution is 5.85. The monoisotopic (exact) mass is 224 g/mol. The van der Waals surface area contributed by atoms with Gasteiger partial charge in [-0.25, -0.2) is 4.39 Å². The molecule has 0 fully saturated rings. The number of ketones is 1. The SMILES string of the molecule is COC(C(=O)Cc1ccc(F)cc1)C(C)C. The van der Waals surface area contributed by atoms with Crippen molar-refractivity contribution in [2.75, 3.05) is 7.11 Å². The fourth-order valence-corrected chi connectivity index (χ4v) is 1.68. The molecule has 3 heteroatoms. The highest BCUT2D eigenvalue weighted by Crippen LogP contribution is 2.11. The van der Waals surface area contributed by atoms with Gasteiger partial charge in [0.25, 0.3) is 0 Å². The molecule has 0 aliphatic heterocycles. The molecule has 1 unspecified atom stereocenters. The molecule has 0 aliphatic rings. The van der Waals surface area contributed by atoms with Crippen molar-refractivity contribution in [3.05, 3.63) is 35.6 Å². The molecule has 2 nitrogen and oxygen atoms in total. The van der Waals surface area contributed by atoms with Crippen LogP contribution in [-0.2, 0) is 16.0 Å². The minimum atomic E-state index is -0.384. The third-order valence-corrected chi connectivity index (χ3v) is 2.47. The normalized spacial score (nSPS) is 12.8.